The highest BCUT2D eigenvalue weighted by atomic mass is 16.5. The first-order valence-corrected chi connectivity index (χ1v) is 8.17. The lowest BCUT2D eigenvalue weighted by Crippen LogP contribution is -2.41. The lowest BCUT2D eigenvalue weighted by atomic mass is 10.0. The van der Waals surface area contributed by atoms with Gasteiger partial charge in [-0.3, -0.25) is 0 Å². The average molecular weight is 306 g/mol. The molecule has 22 heavy (non-hydrogen) atoms. The monoisotopic (exact) mass is 306 g/mol. The molecular formula is C15H22N4O3. The molecule has 3 fully saturated rings. The number of amides is 2. The van der Waals surface area contributed by atoms with Crippen LogP contribution in [0.4, 0.5) is 4.79 Å². The number of hydrogen-bond acceptors (Lipinski definition) is 5. The molecule has 0 spiro atoms. The molecule has 3 atom stereocenters. The van der Waals surface area contributed by atoms with Crippen molar-refractivity contribution in [3.05, 3.63) is 11.7 Å². The van der Waals surface area contributed by atoms with Crippen molar-refractivity contribution in [1.82, 2.24) is 19.9 Å². The molecule has 2 amide bonds. The van der Waals surface area contributed by atoms with Crippen molar-refractivity contribution >= 4 is 6.03 Å². The lowest BCUT2D eigenvalue weighted by molar-refractivity contribution is 0.0362. The van der Waals surface area contributed by atoms with Gasteiger partial charge in [0.15, 0.2) is 5.82 Å². The van der Waals surface area contributed by atoms with E-state index in [1.54, 1.807) is 0 Å². The van der Waals surface area contributed by atoms with Gasteiger partial charge < -0.3 is 19.1 Å². The highest BCUT2D eigenvalue weighted by Crippen LogP contribution is 2.34. The molecule has 3 aliphatic rings. The fraction of sp³-hybridized carbons (Fsp3) is 0.800. The number of aromatic nitrogens is 2. The predicted octanol–water partition coefficient (Wildman–Crippen LogP) is 1.23. The van der Waals surface area contributed by atoms with E-state index in [2.05, 4.69) is 10.1 Å². The summed E-state index contributed by atoms with van der Waals surface area (Å²) in [4.78, 5) is 20.6. The molecular weight excluding hydrogens is 284 g/mol. The van der Waals surface area contributed by atoms with Crippen LogP contribution in [-0.2, 0) is 11.2 Å². The molecule has 4 rings (SSSR count). The van der Waals surface area contributed by atoms with Crippen molar-refractivity contribution in [2.24, 2.45) is 5.92 Å². The van der Waals surface area contributed by atoms with E-state index < -0.39 is 0 Å². The average Bonchev–Trinajstić information content (AvgIpc) is 3.21. The maximum absolute atomic E-state index is 12.4. The zero-order chi connectivity index (χ0) is 15.1. The van der Waals surface area contributed by atoms with Gasteiger partial charge in [0.05, 0.1) is 18.6 Å². The van der Waals surface area contributed by atoms with Crippen LogP contribution < -0.4 is 0 Å². The number of rotatable bonds is 2. The van der Waals surface area contributed by atoms with Crippen LogP contribution in [0.15, 0.2) is 4.52 Å². The van der Waals surface area contributed by atoms with Crippen molar-refractivity contribution < 1.29 is 14.1 Å². The van der Waals surface area contributed by atoms with Crippen molar-refractivity contribution in [2.75, 3.05) is 26.2 Å². The molecule has 0 unspecified atom stereocenters. The zero-order valence-electron chi connectivity index (χ0n) is 12.9. The van der Waals surface area contributed by atoms with E-state index in [9.17, 15) is 4.79 Å². The van der Waals surface area contributed by atoms with E-state index in [-0.39, 0.29) is 18.2 Å². The zero-order valence-corrected chi connectivity index (χ0v) is 12.9. The summed E-state index contributed by atoms with van der Waals surface area (Å²) in [6.07, 6.45) is 4.21. The molecule has 3 aliphatic heterocycles. The number of likely N-dealkylation sites (tertiary alicyclic amines) is 2. The Balaban J connectivity index is 1.31. The molecule has 7 nitrogen and oxygen atoms in total. The predicted molar refractivity (Wildman–Crippen MR) is 77.3 cm³/mol. The molecule has 0 bridgehead atoms. The topological polar surface area (TPSA) is 71.7 Å². The van der Waals surface area contributed by atoms with Gasteiger partial charge in [-0.2, -0.15) is 4.98 Å². The van der Waals surface area contributed by atoms with Crippen LogP contribution in [0.5, 0.6) is 0 Å². The Kier molecular flexibility index (Phi) is 3.52. The van der Waals surface area contributed by atoms with Crippen molar-refractivity contribution in [3.63, 3.8) is 0 Å². The summed E-state index contributed by atoms with van der Waals surface area (Å²) < 4.78 is 11.3. The molecule has 1 aromatic heterocycles. The van der Waals surface area contributed by atoms with E-state index in [1.165, 1.54) is 0 Å². The number of aryl methyl sites for hydroxylation is 1. The lowest BCUT2D eigenvalue weighted by Gasteiger charge is -2.25. The third-order valence-electron chi connectivity index (χ3n) is 4.93. The highest BCUT2D eigenvalue weighted by molar-refractivity contribution is 5.75. The van der Waals surface area contributed by atoms with Crippen LogP contribution in [0.1, 0.15) is 31.0 Å². The number of fused-ring (bicyclic) bond motifs is 1. The third kappa shape index (κ3) is 2.58. The van der Waals surface area contributed by atoms with Gasteiger partial charge in [-0.05, 0) is 26.2 Å². The fourth-order valence-corrected chi connectivity index (χ4v) is 3.88. The Hall–Kier alpha value is -1.63. The highest BCUT2D eigenvalue weighted by Gasteiger charge is 2.44. The molecule has 1 aromatic rings. The third-order valence-corrected chi connectivity index (χ3v) is 4.93. The Morgan fingerprint density at radius 1 is 1.27 bits per heavy atom. The Morgan fingerprint density at radius 3 is 2.77 bits per heavy atom. The normalized spacial score (nSPS) is 31.0. The van der Waals surface area contributed by atoms with Crippen molar-refractivity contribution in [3.8, 4) is 0 Å². The number of nitrogens with zero attached hydrogens (tertiary/aromatic N) is 4. The van der Waals surface area contributed by atoms with Crippen LogP contribution >= 0.6 is 0 Å². The molecule has 0 aliphatic carbocycles. The van der Waals surface area contributed by atoms with Gasteiger partial charge in [0, 0.05) is 32.1 Å². The number of hydrogen-bond donors (Lipinski definition) is 0. The second-order valence-corrected chi connectivity index (χ2v) is 6.61. The molecule has 120 valence electrons. The Bertz CT molecular complexity index is 541. The van der Waals surface area contributed by atoms with Crippen molar-refractivity contribution in [1.29, 1.82) is 0 Å². The van der Waals surface area contributed by atoms with E-state index in [1.807, 2.05) is 16.7 Å². The van der Waals surface area contributed by atoms with Gasteiger partial charge in [0.1, 0.15) is 0 Å². The molecule has 3 saturated heterocycles. The molecule has 4 heterocycles. The number of carbonyl (C=O) groups is 1. The van der Waals surface area contributed by atoms with Crippen molar-refractivity contribution in [2.45, 2.75) is 44.8 Å². The first-order valence-electron chi connectivity index (χ1n) is 8.17. The van der Waals surface area contributed by atoms with Gasteiger partial charge in [-0.15, -0.1) is 0 Å². The van der Waals surface area contributed by atoms with Crippen LogP contribution in [0.3, 0.4) is 0 Å². The van der Waals surface area contributed by atoms with Gasteiger partial charge in [-0.1, -0.05) is 5.16 Å². The van der Waals surface area contributed by atoms with E-state index in [0.29, 0.717) is 24.1 Å². The summed E-state index contributed by atoms with van der Waals surface area (Å²) in [6.45, 7) is 5.17. The smallest absolute Gasteiger partial charge is 0.320 e. The molecule has 0 aromatic carbocycles. The van der Waals surface area contributed by atoms with Crippen LogP contribution in [0, 0.1) is 12.8 Å². The quantitative estimate of drug-likeness (QED) is 0.821. The Labute approximate surface area is 129 Å². The Morgan fingerprint density at radius 2 is 2.09 bits per heavy atom. The number of carbonyl (C=O) groups excluding carboxylic acids is 1. The first kappa shape index (κ1) is 14.0. The standard InChI is InChI=1S/C15H22N4O3/c1-10-16-14(22-17-10)7-12-6-11-8-19(9-13(11)21-12)15(20)18-4-2-3-5-18/h11-13H,2-9H2,1H3/t11-,12-,13+/m0/s1. The van der Waals surface area contributed by atoms with Gasteiger partial charge in [0.25, 0.3) is 0 Å². The van der Waals surface area contributed by atoms with Gasteiger partial charge >= 0.3 is 6.03 Å². The summed E-state index contributed by atoms with van der Waals surface area (Å²) in [5.74, 6) is 1.75. The van der Waals surface area contributed by atoms with E-state index in [0.717, 1.165) is 45.4 Å². The minimum Gasteiger partial charge on any atom is -0.372 e. The molecule has 0 radical (unpaired) electrons. The largest absolute Gasteiger partial charge is 0.372 e. The fourth-order valence-electron chi connectivity index (χ4n) is 3.88. The molecule has 0 saturated carbocycles. The van der Waals surface area contributed by atoms with Crippen LogP contribution in [0.2, 0.25) is 0 Å². The SMILES string of the molecule is Cc1noc(C[C@@H]2C[C@H]3CN(C(=O)N4CCCC4)C[C@H]3O2)n1. The summed E-state index contributed by atoms with van der Waals surface area (Å²) in [5.41, 5.74) is 0. The van der Waals surface area contributed by atoms with Crippen LogP contribution in [0.25, 0.3) is 0 Å². The second-order valence-electron chi connectivity index (χ2n) is 6.61. The van der Waals surface area contributed by atoms with Gasteiger partial charge in [-0.25, -0.2) is 4.79 Å². The molecule has 0 N–H and O–H groups in total. The van der Waals surface area contributed by atoms with Gasteiger partial charge in [0.2, 0.25) is 5.89 Å². The summed E-state index contributed by atoms with van der Waals surface area (Å²) in [7, 11) is 0. The minimum atomic E-state index is 0.138. The van der Waals surface area contributed by atoms with E-state index >= 15 is 0 Å². The maximum Gasteiger partial charge on any atom is 0.320 e. The first-order chi connectivity index (χ1) is 10.7. The summed E-state index contributed by atoms with van der Waals surface area (Å²) in [5, 5.41) is 3.81. The van der Waals surface area contributed by atoms with Crippen LogP contribution in [-0.4, -0.2) is 64.4 Å². The molecule has 7 heteroatoms. The second kappa shape index (κ2) is 5.53. The summed E-state index contributed by atoms with van der Waals surface area (Å²) in [6, 6.07) is 0.194. The minimum absolute atomic E-state index is 0.138. The maximum atomic E-state index is 12.4. The van der Waals surface area contributed by atoms with E-state index in [4.69, 9.17) is 9.26 Å². The number of ether oxygens (including phenoxy) is 1. The summed E-state index contributed by atoms with van der Waals surface area (Å²) >= 11 is 0. The number of urea groups is 1.